The van der Waals surface area contributed by atoms with Crippen molar-refractivity contribution in [3.05, 3.63) is 44.1 Å². The van der Waals surface area contributed by atoms with Gasteiger partial charge in [-0.05, 0) is 62.9 Å². The smallest absolute Gasteiger partial charge is 0.0767 e. The van der Waals surface area contributed by atoms with Gasteiger partial charge in [-0.2, -0.15) is 5.10 Å². The largest absolute Gasteiger partial charge is 0.378 e. The van der Waals surface area contributed by atoms with E-state index >= 15 is 0 Å². The van der Waals surface area contributed by atoms with E-state index in [1.165, 1.54) is 5.56 Å². The molecule has 0 atom stereocenters. The second-order valence-electron chi connectivity index (χ2n) is 4.52. The van der Waals surface area contributed by atoms with E-state index in [1.54, 1.807) is 0 Å². The monoisotopic (exact) mass is 385 g/mol. The molecule has 1 aromatic heterocycles. The van der Waals surface area contributed by atoms with Gasteiger partial charge in [0, 0.05) is 17.2 Å². The topological polar surface area (TPSA) is 29.9 Å². The summed E-state index contributed by atoms with van der Waals surface area (Å²) < 4.78 is 4.12. The van der Waals surface area contributed by atoms with Crippen molar-refractivity contribution in [1.29, 1.82) is 0 Å². The van der Waals surface area contributed by atoms with E-state index in [0.717, 1.165) is 39.0 Å². The van der Waals surface area contributed by atoms with Crippen LogP contribution in [0.2, 0.25) is 0 Å². The van der Waals surface area contributed by atoms with Crippen LogP contribution in [0.5, 0.6) is 0 Å². The van der Waals surface area contributed by atoms with Crippen LogP contribution in [0.25, 0.3) is 0 Å². The first kappa shape index (κ1) is 14.6. The first-order valence-electron chi connectivity index (χ1n) is 6.23. The number of rotatable bonds is 4. The van der Waals surface area contributed by atoms with Gasteiger partial charge in [-0.3, -0.25) is 4.68 Å². The molecular weight excluding hydrogens is 370 g/mol. The summed E-state index contributed by atoms with van der Waals surface area (Å²) in [5, 5.41) is 7.93. The number of hydrogen-bond donors (Lipinski definition) is 1. The molecule has 0 aliphatic carbocycles. The molecule has 5 heteroatoms. The minimum atomic E-state index is 0.742. The maximum atomic E-state index is 4.50. The molecule has 0 amide bonds. The van der Waals surface area contributed by atoms with Crippen LogP contribution in [-0.4, -0.2) is 9.78 Å². The van der Waals surface area contributed by atoms with Gasteiger partial charge in [0.15, 0.2) is 0 Å². The third-order valence-corrected chi connectivity index (χ3v) is 4.65. The summed E-state index contributed by atoms with van der Waals surface area (Å²) in [4.78, 5) is 0. The molecule has 0 saturated carbocycles. The number of hydrogen-bond acceptors (Lipinski definition) is 2. The fourth-order valence-electron chi connectivity index (χ4n) is 1.95. The van der Waals surface area contributed by atoms with Crippen LogP contribution in [0.1, 0.15) is 23.9 Å². The molecule has 0 spiro atoms. The predicted octanol–water partition coefficient (Wildman–Crippen LogP) is 4.43. The molecule has 1 N–H and O–H groups in total. The zero-order valence-corrected chi connectivity index (χ0v) is 14.5. The Bertz CT molecular complexity index is 591. The minimum absolute atomic E-state index is 0.742. The molecule has 3 nitrogen and oxygen atoms in total. The van der Waals surface area contributed by atoms with Gasteiger partial charge < -0.3 is 5.32 Å². The van der Waals surface area contributed by atoms with Crippen molar-refractivity contribution in [2.45, 2.75) is 26.8 Å². The molecule has 0 aliphatic heterocycles. The van der Waals surface area contributed by atoms with E-state index in [2.05, 4.69) is 74.3 Å². The molecule has 1 aromatic carbocycles. The summed E-state index contributed by atoms with van der Waals surface area (Å²) >= 11 is 7.21. The van der Waals surface area contributed by atoms with Crippen LogP contribution in [0.4, 0.5) is 5.69 Å². The summed E-state index contributed by atoms with van der Waals surface area (Å²) in [6, 6.07) is 6.30. The van der Waals surface area contributed by atoms with Crippen LogP contribution >= 0.6 is 31.9 Å². The molecule has 0 unspecified atom stereocenters. The Hall–Kier alpha value is -0.810. The quantitative estimate of drug-likeness (QED) is 0.842. The predicted molar refractivity (Wildman–Crippen MR) is 86.5 cm³/mol. The number of aromatic nitrogens is 2. The van der Waals surface area contributed by atoms with Gasteiger partial charge >= 0.3 is 0 Å². The maximum Gasteiger partial charge on any atom is 0.0767 e. The number of anilines is 1. The van der Waals surface area contributed by atoms with Crippen molar-refractivity contribution >= 4 is 37.5 Å². The third kappa shape index (κ3) is 3.20. The van der Waals surface area contributed by atoms with Gasteiger partial charge in [0.05, 0.1) is 22.4 Å². The zero-order valence-electron chi connectivity index (χ0n) is 11.3. The number of halogens is 2. The molecule has 19 heavy (non-hydrogen) atoms. The Labute approximate surface area is 130 Å². The van der Waals surface area contributed by atoms with E-state index in [1.807, 2.05) is 11.7 Å². The summed E-state index contributed by atoms with van der Waals surface area (Å²) in [6.45, 7) is 4.94. The normalized spacial score (nSPS) is 10.8. The highest BCUT2D eigenvalue weighted by Crippen LogP contribution is 2.26. The SMILES string of the molecule is CCc1nn(C)c(CNc2ccc(C)cc2Br)c1Br. The maximum absolute atomic E-state index is 4.50. The average molecular weight is 387 g/mol. The Morgan fingerprint density at radius 1 is 1.32 bits per heavy atom. The molecule has 0 aliphatic rings. The van der Waals surface area contributed by atoms with Crippen molar-refractivity contribution in [2.24, 2.45) is 7.05 Å². The van der Waals surface area contributed by atoms with Gasteiger partial charge in [-0.1, -0.05) is 13.0 Å². The van der Waals surface area contributed by atoms with Crippen molar-refractivity contribution in [2.75, 3.05) is 5.32 Å². The lowest BCUT2D eigenvalue weighted by Gasteiger charge is -2.10. The molecular formula is C14H17Br2N3. The average Bonchev–Trinajstić information content (AvgIpc) is 2.64. The number of aryl methyl sites for hydroxylation is 3. The van der Waals surface area contributed by atoms with Gasteiger partial charge in [0.25, 0.3) is 0 Å². The Morgan fingerprint density at radius 2 is 2.05 bits per heavy atom. The van der Waals surface area contributed by atoms with E-state index in [4.69, 9.17) is 0 Å². The third-order valence-electron chi connectivity index (χ3n) is 3.07. The molecule has 0 fully saturated rings. The Kier molecular flexibility index (Phi) is 4.68. The van der Waals surface area contributed by atoms with Crippen LogP contribution < -0.4 is 5.32 Å². The van der Waals surface area contributed by atoms with E-state index in [9.17, 15) is 0 Å². The first-order chi connectivity index (χ1) is 9.02. The summed E-state index contributed by atoms with van der Waals surface area (Å²) in [7, 11) is 1.98. The molecule has 1 heterocycles. The molecule has 0 saturated heterocycles. The second-order valence-corrected chi connectivity index (χ2v) is 6.17. The highest BCUT2D eigenvalue weighted by Gasteiger charge is 2.12. The van der Waals surface area contributed by atoms with Crippen molar-refractivity contribution in [3.63, 3.8) is 0 Å². The van der Waals surface area contributed by atoms with Gasteiger partial charge in [0.2, 0.25) is 0 Å². The molecule has 0 radical (unpaired) electrons. The van der Waals surface area contributed by atoms with E-state index < -0.39 is 0 Å². The standard InChI is InChI=1S/C14H17Br2N3/c1-4-11-14(16)13(19(3)18-11)8-17-12-6-5-9(2)7-10(12)15/h5-7,17H,4,8H2,1-3H3. The summed E-state index contributed by atoms with van der Waals surface area (Å²) in [6.07, 6.45) is 0.933. The molecule has 2 rings (SSSR count). The fourth-order valence-corrected chi connectivity index (χ4v) is 3.34. The highest BCUT2D eigenvalue weighted by atomic mass is 79.9. The lowest BCUT2D eigenvalue weighted by atomic mass is 10.2. The van der Waals surface area contributed by atoms with Gasteiger partial charge in [-0.25, -0.2) is 0 Å². The van der Waals surface area contributed by atoms with Crippen LogP contribution in [0.3, 0.4) is 0 Å². The summed E-state index contributed by atoms with van der Waals surface area (Å²) in [5.41, 5.74) is 4.59. The fraction of sp³-hybridized carbons (Fsp3) is 0.357. The lowest BCUT2D eigenvalue weighted by molar-refractivity contribution is 0.706. The van der Waals surface area contributed by atoms with E-state index in [-0.39, 0.29) is 0 Å². The molecule has 102 valence electrons. The lowest BCUT2D eigenvalue weighted by Crippen LogP contribution is -2.06. The van der Waals surface area contributed by atoms with Crippen LogP contribution in [0.15, 0.2) is 27.1 Å². The highest BCUT2D eigenvalue weighted by molar-refractivity contribution is 9.11. The molecule has 0 bridgehead atoms. The van der Waals surface area contributed by atoms with Crippen LogP contribution in [0, 0.1) is 6.92 Å². The number of nitrogens with zero attached hydrogens (tertiary/aromatic N) is 2. The zero-order chi connectivity index (χ0) is 14.0. The molecule has 2 aromatic rings. The van der Waals surface area contributed by atoms with Gasteiger partial charge in [-0.15, -0.1) is 0 Å². The first-order valence-corrected chi connectivity index (χ1v) is 7.81. The van der Waals surface area contributed by atoms with Crippen molar-refractivity contribution in [1.82, 2.24) is 9.78 Å². The Balaban J connectivity index is 2.16. The van der Waals surface area contributed by atoms with Gasteiger partial charge in [0.1, 0.15) is 0 Å². The minimum Gasteiger partial charge on any atom is -0.378 e. The Morgan fingerprint density at radius 3 is 2.63 bits per heavy atom. The number of nitrogens with one attached hydrogen (secondary N) is 1. The number of benzene rings is 1. The van der Waals surface area contributed by atoms with Crippen LogP contribution in [-0.2, 0) is 20.0 Å². The summed E-state index contributed by atoms with van der Waals surface area (Å²) in [5.74, 6) is 0. The van der Waals surface area contributed by atoms with E-state index in [0.29, 0.717) is 0 Å². The van der Waals surface area contributed by atoms with Crippen molar-refractivity contribution < 1.29 is 0 Å². The second kappa shape index (κ2) is 6.09. The van der Waals surface area contributed by atoms with Crippen molar-refractivity contribution in [3.8, 4) is 0 Å².